The van der Waals surface area contributed by atoms with E-state index < -0.39 is 0 Å². The molecule has 0 aliphatic rings. The van der Waals surface area contributed by atoms with E-state index in [-0.39, 0.29) is 0 Å². The number of rotatable bonds is 41. The van der Waals surface area contributed by atoms with Crippen molar-refractivity contribution in [2.45, 2.75) is 284 Å². The number of hydrogen-bond acceptors (Lipinski definition) is 0. The van der Waals surface area contributed by atoms with E-state index in [1.54, 1.807) is 5.82 Å². The highest BCUT2D eigenvalue weighted by Crippen LogP contribution is 2.16. The van der Waals surface area contributed by atoms with Gasteiger partial charge >= 0.3 is 0 Å². The molecule has 0 bridgehead atoms. The molecule has 0 saturated heterocycles. The molecular weight excluding hydrogens is 593 g/mol. The predicted octanol–water partition coefficient (Wildman–Crippen LogP) is 16.2. The van der Waals surface area contributed by atoms with Gasteiger partial charge in [-0.05, 0) is 32.1 Å². The Labute approximate surface area is 310 Å². The third-order valence-electron chi connectivity index (χ3n) is 11.3. The second-order valence-corrected chi connectivity index (χ2v) is 16.2. The van der Waals surface area contributed by atoms with Gasteiger partial charge in [0.1, 0.15) is 12.4 Å². The molecule has 1 aromatic heterocycles. The van der Waals surface area contributed by atoms with Gasteiger partial charge in [-0.3, -0.25) is 0 Å². The van der Waals surface area contributed by atoms with Crippen molar-refractivity contribution in [1.29, 1.82) is 0 Å². The molecular formula is C47H93N2+. The van der Waals surface area contributed by atoms with Crippen LogP contribution in [0, 0.1) is 0 Å². The standard InChI is InChI=1S/C47H93N2/c1-4-7-10-13-16-19-21-23-24-25-26-28-30-32-35-38-41-44-49-46-45-48(47(49)42-39-36-33-18-15-12-9-6-3)43-40-37-34-31-29-27-22-20-17-14-11-8-5-2/h45-46H,4-44H2,1-3H3/q+1. The molecule has 0 atom stereocenters. The minimum absolute atomic E-state index is 1.23. The van der Waals surface area contributed by atoms with E-state index in [0.717, 1.165) is 0 Å². The molecule has 1 rings (SSSR count). The van der Waals surface area contributed by atoms with Crippen LogP contribution < -0.4 is 4.57 Å². The maximum atomic E-state index is 2.65. The van der Waals surface area contributed by atoms with Gasteiger partial charge in [-0.1, -0.05) is 233 Å². The SMILES string of the molecule is CCCCCCCCCCCCCCCCCCC[n+]1ccn(CCCCCCCCCCCCCCC)c1CCCCCCCCCC. The van der Waals surface area contributed by atoms with E-state index in [4.69, 9.17) is 0 Å². The zero-order chi connectivity index (χ0) is 35.1. The summed E-state index contributed by atoms with van der Waals surface area (Å²) < 4.78 is 5.29. The van der Waals surface area contributed by atoms with Crippen molar-refractivity contribution in [3.05, 3.63) is 18.2 Å². The van der Waals surface area contributed by atoms with E-state index in [9.17, 15) is 0 Å². The molecule has 0 aliphatic carbocycles. The Morgan fingerprint density at radius 2 is 0.633 bits per heavy atom. The van der Waals surface area contributed by atoms with Crippen LogP contribution in [0.3, 0.4) is 0 Å². The molecule has 0 spiro atoms. The van der Waals surface area contributed by atoms with Crippen molar-refractivity contribution in [2.75, 3.05) is 0 Å². The van der Waals surface area contributed by atoms with Gasteiger partial charge in [0.2, 0.25) is 0 Å². The Balaban J connectivity index is 2.20. The van der Waals surface area contributed by atoms with E-state index >= 15 is 0 Å². The summed E-state index contributed by atoms with van der Waals surface area (Å²) in [6.07, 6.45) is 60.8. The van der Waals surface area contributed by atoms with Crippen LogP contribution in [-0.4, -0.2) is 4.57 Å². The van der Waals surface area contributed by atoms with Crippen molar-refractivity contribution >= 4 is 0 Å². The number of aryl methyl sites for hydroxylation is 2. The summed E-state index contributed by atoms with van der Waals surface area (Å²) in [4.78, 5) is 0. The van der Waals surface area contributed by atoms with Gasteiger partial charge in [0, 0.05) is 6.42 Å². The largest absolute Gasteiger partial charge is 0.256 e. The van der Waals surface area contributed by atoms with Gasteiger partial charge in [-0.15, -0.1) is 0 Å². The third kappa shape index (κ3) is 30.5. The summed E-state index contributed by atoms with van der Waals surface area (Å²) in [5, 5.41) is 0. The smallest absolute Gasteiger partial charge is 0.234 e. The van der Waals surface area contributed by atoms with Crippen molar-refractivity contribution in [3.8, 4) is 0 Å². The number of imidazole rings is 1. The van der Waals surface area contributed by atoms with Gasteiger partial charge in [0.05, 0.1) is 13.1 Å². The van der Waals surface area contributed by atoms with Crippen LogP contribution in [0.1, 0.15) is 271 Å². The van der Waals surface area contributed by atoms with Gasteiger partial charge in [-0.25, -0.2) is 9.13 Å². The molecule has 0 radical (unpaired) electrons. The second-order valence-electron chi connectivity index (χ2n) is 16.2. The average Bonchev–Trinajstić information content (AvgIpc) is 3.50. The van der Waals surface area contributed by atoms with Crippen molar-refractivity contribution in [2.24, 2.45) is 0 Å². The van der Waals surface area contributed by atoms with Crippen molar-refractivity contribution in [1.82, 2.24) is 4.57 Å². The predicted molar refractivity (Wildman–Crippen MR) is 221 cm³/mol. The fourth-order valence-corrected chi connectivity index (χ4v) is 7.92. The Morgan fingerprint density at radius 1 is 0.347 bits per heavy atom. The third-order valence-corrected chi connectivity index (χ3v) is 11.3. The molecule has 290 valence electrons. The lowest BCUT2D eigenvalue weighted by molar-refractivity contribution is -0.704. The molecule has 0 unspecified atom stereocenters. The first-order valence-corrected chi connectivity index (χ1v) is 23.4. The normalized spacial score (nSPS) is 11.7. The van der Waals surface area contributed by atoms with Crippen molar-refractivity contribution < 1.29 is 4.57 Å². The summed E-state index contributed by atoms with van der Waals surface area (Å²) >= 11 is 0. The number of aromatic nitrogens is 2. The first-order chi connectivity index (χ1) is 24.3. The highest BCUT2D eigenvalue weighted by Gasteiger charge is 2.16. The zero-order valence-corrected chi connectivity index (χ0v) is 34.5. The van der Waals surface area contributed by atoms with E-state index in [1.807, 2.05) is 0 Å². The molecule has 1 heterocycles. The van der Waals surface area contributed by atoms with E-state index in [1.165, 1.54) is 264 Å². The van der Waals surface area contributed by atoms with Crippen LogP contribution in [0.5, 0.6) is 0 Å². The Hall–Kier alpha value is -0.790. The summed E-state index contributed by atoms with van der Waals surface area (Å²) in [7, 11) is 0. The summed E-state index contributed by atoms with van der Waals surface area (Å²) in [6.45, 7) is 9.41. The Bertz CT molecular complexity index is 751. The van der Waals surface area contributed by atoms with E-state index in [0.29, 0.717) is 0 Å². The maximum absolute atomic E-state index is 2.65. The van der Waals surface area contributed by atoms with Crippen LogP contribution in [0.4, 0.5) is 0 Å². The van der Waals surface area contributed by atoms with Crippen LogP contribution >= 0.6 is 0 Å². The lowest BCUT2D eigenvalue weighted by Crippen LogP contribution is -2.37. The summed E-state index contributed by atoms with van der Waals surface area (Å²) in [5.74, 6) is 1.63. The molecule has 2 heteroatoms. The maximum Gasteiger partial charge on any atom is 0.256 e. The highest BCUT2D eigenvalue weighted by molar-refractivity contribution is 4.84. The Kier molecular flexibility index (Phi) is 36.3. The van der Waals surface area contributed by atoms with Gasteiger partial charge in [0.25, 0.3) is 5.82 Å². The molecule has 0 aromatic carbocycles. The van der Waals surface area contributed by atoms with Crippen LogP contribution in [0.2, 0.25) is 0 Å². The minimum atomic E-state index is 1.23. The molecule has 0 fully saturated rings. The molecule has 0 amide bonds. The first kappa shape index (κ1) is 46.2. The fourth-order valence-electron chi connectivity index (χ4n) is 7.92. The topological polar surface area (TPSA) is 8.81 Å². The zero-order valence-electron chi connectivity index (χ0n) is 34.5. The molecule has 49 heavy (non-hydrogen) atoms. The molecule has 0 saturated carbocycles. The van der Waals surface area contributed by atoms with Crippen LogP contribution in [-0.2, 0) is 19.5 Å². The molecule has 0 N–H and O–H groups in total. The number of unbranched alkanes of at least 4 members (excludes halogenated alkanes) is 35. The lowest BCUT2D eigenvalue weighted by Gasteiger charge is -2.07. The summed E-state index contributed by atoms with van der Waals surface area (Å²) in [5.41, 5.74) is 0. The molecule has 1 aromatic rings. The quantitative estimate of drug-likeness (QED) is 0.0479. The monoisotopic (exact) mass is 686 g/mol. The van der Waals surface area contributed by atoms with Gasteiger partial charge in [-0.2, -0.15) is 0 Å². The minimum Gasteiger partial charge on any atom is -0.234 e. The van der Waals surface area contributed by atoms with Crippen LogP contribution in [0.15, 0.2) is 12.4 Å². The van der Waals surface area contributed by atoms with E-state index in [2.05, 4.69) is 42.3 Å². The van der Waals surface area contributed by atoms with Crippen LogP contribution in [0.25, 0.3) is 0 Å². The first-order valence-electron chi connectivity index (χ1n) is 23.4. The number of hydrogen-bond donors (Lipinski definition) is 0. The van der Waals surface area contributed by atoms with Gasteiger partial charge in [0.15, 0.2) is 0 Å². The summed E-state index contributed by atoms with van der Waals surface area (Å²) in [6, 6.07) is 0. The second kappa shape index (κ2) is 38.4. The molecule has 0 aliphatic heterocycles. The lowest BCUT2D eigenvalue weighted by atomic mass is 10.0. The number of nitrogens with zero attached hydrogens (tertiary/aromatic N) is 2. The van der Waals surface area contributed by atoms with Crippen molar-refractivity contribution in [3.63, 3.8) is 0 Å². The average molecular weight is 686 g/mol. The molecule has 2 nitrogen and oxygen atoms in total. The Morgan fingerprint density at radius 3 is 0.980 bits per heavy atom. The van der Waals surface area contributed by atoms with Gasteiger partial charge < -0.3 is 0 Å². The fraction of sp³-hybridized carbons (Fsp3) is 0.936. The highest BCUT2D eigenvalue weighted by atomic mass is 15.1.